The highest BCUT2D eigenvalue weighted by molar-refractivity contribution is 6.30. The van der Waals surface area contributed by atoms with Gasteiger partial charge in [0.25, 0.3) is 5.56 Å². The number of alkyl halides is 3. The van der Waals surface area contributed by atoms with Gasteiger partial charge in [0, 0.05) is 35.8 Å². The molecule has 0 radical (unpaired) electrons. The highest BCUT2D eigenvalue weighted by Crippen LogP contribution is 2.31. The summed E-state index contributed by atoms with van der Waals surface area (Å²) in [5.41, 5.74) is -0.404. The van der Waals surface area contributed by atoms with Gasteiger partial charge in [-0.3, -0.25) is 9.36 Å². The first-order valence-corrected chi connectivity index (χ1v) is 11.8. The fourth-order valence-corrected chi connectivity index (χ4v) is 4.19. The molecule has 36 heavy (non-hydrogen) atoms. The van der Waals surface area contributed by atoms with E-state index in [0.29, 0.717) is 42.3 Å². The maximum atomic E-state index is 13.3. The van der Waals surface area contributed by atoms with Crippen molar-refractivity contribution in [3.8, 4) is 17.1 Å². The normalized spacial score (nSPS) is 14.5. The zero-order chi connectivity index (χ0) is 25.9. The largest absolute Gasteiger partial charge is 0.450 e. The predicted molar refractivity (Wildman–Crippen MR) is 131 cm³/mol. The summed E-state index contributed by atoms with van der Waals surface area (Å²) >= 11 is 6.03. The van der Waals surface area contributed by atoms with Crippen LogP contribution in [0, 0.1) is 0 Å². The Labute approximate surface area is 210 Å². The van der Waals surface area contributed by atoms with E-state index in [4.69, 9.17) is 21.3 Å². The van der Waals surface area contributed by atoms with Crippen molar-refractivity contribution >= 4 is 23.5 Å². The number of alkyl carbamates (subject to hydrolysis) is 1. The van der Waals surface area contributed by atoms with Crippen LogP contribution in [0.2, 0.25) is 5.02 Å². The van der Waals surface area contributed by atoms with Crippen molar-refractivity contribution in [2.24, 2.45) is 0 Å². The summed E-state index contributed by atoms with van der Waals surface area (Å²) in [6, 6.07) is 12.4. The second-order valence-corrected chi connectivity index (χ2v) is 8.73. The second kappa shape index (κ2) is 10.6. The number of halogens is 4. The van der Waals surface area contributed by atoms with Gasteiger partial charge in [-0.1, -0.05) is 11.6 Å². The van der Waals surface area contributed by atoms with Crippen molar-refractivity contribution in [2.75, 3.05) is 24.6 Å². The SMILES string of the molecule is CCOC(=O)NC1CCN(c2cc(=O)n(-c3ccc(C(F)(F)F)cc3)c(-c3ccc(Cl)cc3)n2)CC1. The maximum absolute atomic E-state index is 13.3. The molecule has 1 aromatic heterocycles. The second-order valence-electron chi connectivity index (χ2n) is 8.29. The van der Waals surface area contributed by atoms with Gasteiger partial charge in [-0.05, 0) is 68.3 Å². The number of piperidine rings is 1. The molecule has 0 spiro atoms. The summed E-state index contributed by atoms with van der Waals surface area (Å²) in [6.45, 7) is 3.12. The number of anilines is 1. The highest BCUT2D eigenvalue weighted by Gasteiger charge is 2.30. The summed E-state index contributed by atoms with van der Waals surface area (Å²) < 4.78 is 45.4. The molecule has 3 aromatic rings. The van der Waals surface area contributed by atoms with Crippen LogP contribution in [0.3, 0.4) is 0 Å². The summed E-state index contributed by atoms with van der Waals surface area (Å²) in [5.74, 6) is 0.725. The average molecular weight is 521 g/mol. The van der Waals surface area contributed by atoms with E-state index in [9.17, 15) is 22.8 Å². The van der Waals surface area contributed by atoms with Gasteiger partial charge >= 0.3 is 12.3 Å². The molecule has 1 N–H and O–H groups in total. The van der Waals surface area contributed by atoms with Crippen molar-refractivity contribution in [3.05, 3.63) is 75.5 Å². The van der Waals surface area contributed by atoms with Gasteiger partial charge in [0.2, 0.25) is 0 Å². The molecule has 1 aliphatic rings. The van der Waals surface area contributed by atoms with Crippen LogP contribution in [0.4, 0.5) is 23.8 Å². The Hall–Kier alpha value is -3.53. The minimum Gasteiger partial charge on any atom is -0.450 e. The van der Waals surface area contributed by atoms with Crippen molar-refractivity contribution in [3.63, 3.8) is 0 Å². The Balaban J connectivity index is 1.67. The Morgan fingerprint density at radius 2 is 1.75 bits per heavy atom. The van der Waals surface area contributed by atoms with Crippen molar-refractivity contribution in [1.29, 1.82) is 0 Å². The monoisotopic (exact) mass is 520 g/mol. The zero-order valence-corrected chi connectivity index (χ0v) is 20.1. The van der Waals surface area contributed by atoms with Gasteiger partial charge < -0.3 is 15.0 Å². The smallest absolute Gasteiger partial charge is 0.416 e. The topological polar surface area (TPSA) is 76.5 Å². The first kappa shape index (κ1) is 25.6. The number of benzene rings is 2. The van der Waals surface area contributed by atoms with E-state index < -0.39 is 23.4 Å². The third kappa shape index (κ3) is 5.81. The number of hydrogen-bond acceptors (Lipinski definition) is 5. The van der Waals surface area contributed by atoms with E-state index in [2.05, 4.69) is 5.32 Å². The Bertz CT molecular complexity index is 1270. The molecule has 2 aromatic carbocycles. The van der Waals surface area contributed by atoms with Crippen molar-refractivity contribution in [1.82, 2.24) is 14.9 Å². The Morgan fingerprint density at radius 3 is 2.33 bits per heavy atom. The fraction of sp³-hybridized carbons (Fsp3) is 0.320. The molecular formula is C25H24ClF3N4O3. The van der Waals surface area contributed by atoms with Crippen molar-refractivity contribution in [2.45, 2.75) is 32.0 Å². The summed E-state index contributed by atoms with van der Waals surface area (Å²) in [7, 11) is 0. The standard InChI is InChI=1S/C25H24ClF3N4O3/c1-2-36-24(35)30-19-11-13-32(14-12-19)21-15-22(34)33(20-9-5-17(6-10-20)25(27,28)29)23(31-21)16-3-7-18(26)8-4-16/h3-10,15,19H,2,11-14H2,1H3,(H,30,35). The van der Waals surface area contributed by atoms with Crippen LogP contribution in [0.5, 0.6) is 0 Å². The number of rotatable bonds is 5. The molecule has 1 fully saturated rings. The third-order valence-electron chi connectivity index (χ3n) is 5.88. The first-order valence-electron chi connectivity index (χ1n) is 11.4. The first-order chi connectivity index (χ1) is 17.2. The minimum absolute atomic E-state index is 0.0523. The molecule has 0 bridgehead atoms. The Kier molecular flexibility index (Phi) is 7.53. The number of carbonyl (C=O) groups is 1. The molecular weight excluding hydrogens is 497 g/mol. The van der Waals surface area contributed by atoms with Gasteiger partial charge in [-0.25, -0.2) is 9.78 Å². The lowest BCUT2D eigenvalue weighted by Crippen LogP contribution is -2.45. The molecule has 0 saturated carbocycles. The maximum Gasteiger partial charge on any atom is 0.416 e. The minimum atomic E-state index is -4.49. The van der Waals surface area contributed by atoms with E-state index in [1.54, 1.807) is 31.2 Å². The Morgan fingerprint density at radius 1 is 1.11 bits per heavy atom. The molecule has 2 heterocycles. The molecule has 1 aliphatic heterocycles. The number of nitrogens with zero attached hydrogens (tertiary/aromatic N) is 3. The van der Waals surface area contributed by atoms with Crippen molar-refractivity contribution < 1.29 is 22.7 Å². The van der Waals surface area contributed by atoms with Crippen LogP contribution in [0.15, 0.2) is 59.4 Å². The van der Waals surface area contributed by atoms with E-state index in [1.165, 1.54) is 22.8 Å². The fourth-order valence-electron chi connectivity index (χ4n) is 4.07. The molecule has 0 unspecified atom stereocenters. The molecule has 1 saturated heterocycles. The summed E-state index contributed by atoms with van der Waals surface area (Å²) in [5, 5.41) is 3.32. The van der Waals surface area contributed by atoms with Crippen LogP contribution >= 0.6 is 11.6 Å². The summed E-state index contributed by atoms with van der Waals surface area (Å²) in [4.78, 5) is 31.7. The van der Waals surface area contributed by atoms with E-state index in [1.807, 2.05) is 4.90 Å². The lowest BCUT2D eigenvalue weighted by atomic mass is 10.1. The quantitative estimate of drug-likeness (QED) is 0.495. The number of carbonyl (C=O) groups excluding carboxylic acids is 1. The van der Waals surface area contributed by atoms with Crippen LogP contribution < -0.4 is 15.8 Å². The van der Waals surface area contributed by atoms with E-state index >= 15 is 0 Å². The molecule has 0 atom stereocenters. The van der Waals surface area contributed by atoms with Crippen LogP contribution in [-0.4, -0.2) is 41.4 Å². The van der Waals surface area contributed by atoms with E-state index in [-0.39, 0.29) is 24.2 Å². The number of nitrogens with one attached hydrogen (secondary N) is 1. The summed E-state index contributed by atoms with van der Waals surface area (Å²) in [6.07, 6.45) is -3.67. The predicted octanol–water partition coefficient (Wildman–Crippen LogP) is 5.29. The van der Waals surface area contributed by atoms with Crippen LogP contribution in [0.1, 0.15) is 25.3 Å². The molecule has 7 nitrogen and oxygen atoms in total. The van der Waals surface area contributed by atoms with Gasteiger partial charge in [0.05, 0.1) is 17.9 Å². The zero-order valence-electron chi connectivity index (χ0n) is 19.4. The van der Waals surface area contributed by atoms with Gasteiger partial charge in [-0.2, -0.15) is 13.2 Å². The molecule has 1 amide bonds. The molecule has 4 rings (SSSR count). The lowest BCUT2D eigenvalue weighted by Gasteiger charge is -2.33. The van der Waals surface area contributed by atoms with Crippen LogP contribution in [0.25, 0.3) is 17.1 Å². The molecule has 11 heteroatoms. The highest BCUT2D eigenvalue weighted by atomic mass is 35.5. The molecule has 190 valence electrons. The average Bonchev–Trinajstić information content (AvgIpc) is 2.84. The van der Waals surface area contributed by atoms with Gasteiger partial charge in [0.15, 0.2) is 0 Å². The number of hydrogen-bond donors (Lipinski definition) is 1. The van der Waals surface area contributed by atoms with E-state index in [0.717, 1.165) is 12.1 Å². The van der Waals surface area contributed by atoms with Gasteiger partial charge in [-0.15, -0.1) is 0 Å². The number of ether oxygens (including phenoxy) is 1. The van der Waals surface area contributed by atoms with Gasteiger partial charge in [0.1, 0.15) is 11.6 Å². The number of amides is 1. The molecule has 0 aliphatic carbocycles. The lowest BCUT2D eigenvalue weighted by molar-refractivity contribution is -0.137. The third-order valence-corrected chi connectivity index (χ3v) is 6.13. The number of aromatic nitrogens is 2. The van der Waals surface area contributed by atoms with Crippen LogP contribution in [-0.2, 0) is 10.9 Å².